The molecule has 1 aliphatic carbocycles. The zero-order valence-electron chi connectivity index (χ0n) is 16.5. The maximum atomic E-state index is 13.1. The number of rotatable bonds is 4. The maximum Gasteiger partial charge on any atom is 0.416 e. The molecule has 0 aromatic heterocycles. The average Bonchev–Trinajstić information content (AvgIpc) is 2.77. The third-order valence-corrected chi connectivity index (χ3v) is 5.04. The second-order valence-corrected chi connectivity index (χ2v) is 7.02. The molecule has 1 fully saturated rings. The van der Waals surface area contributed by atoms with Crippen LogP contribution in [0.2, 0.25) is 0 Å². The van der Waals surface area contributed by atoms with Crippen LogP contribution in [0.15, 0.2) is 48.1 Å². The van der Waals surface area contributed by atoms with Crippen LogP contribution in [0, 0.1) is 5.92 Å². The number of halogens is 3. The van der Waals surface area contributed by atoms with E-state index in [1.165, 1.54) is 24.1 Å². The Hall–Kier alpha value is -2.81. The van der Waals surface area contributed by atoms with Crippen LogP contribution in [0.1, 0.15) is 12.0 Å². The molecule has 0 saturated carbocycles. The van der Waals surface area contributed by atoms with Crippen molar-refractivity contribution >= 4 is 17.7 Å². The summed E-state index contributed by atoms with van der Waals surface area (Å²) >= 11 is 0. The summed E-state index contributed by atoms with van der Waals surface area (Å²) in [6.07, 6.45) is 1.28. The second-order valence-electron chi connectivity index (χ2n) is 7.02. The monoisotopic (exact) mass is 424 g/mol. The number of anilines is 1. The van der Waals surface area contributed by atoms with Crippen LogP contribution < -0.4 is 4.90 Å². The molecule has 2 amide bonds. The molecule has 9 heteroatoms. The maximum absolute atomic E-state index is 13.1. The molecule has 1 saturated heterocycles. The van der Waals surface area contributed by atoms with Crippen molar-refractivity contribution in [2.45, 2.75) is 12.6 Å². The van der Waals surface area contributed by atoms with Gasteiger partial charge in [-0.2, -0.15) is 13.2 Å². The number of esters is 1. The lowest BCUT2D eigenvalue weighted by molar-refractivity contribution is -0.143. The molecule has 1 aromatic carbocycles. The molecule has 3 rings (SSSR count). The van der Waals surface area contributed by atoms with Gasteiger partial charge >= 0.3 is 18.2 Å². The van der Waals surface area contributed by atoms with E-state index in [-0.39, 0.29) is 24.5 Å². The molecule has 1 atom stereocenters. The van der Waals surface area contributed by atoms with Crippen LogP contribution in [-0.4, -0.2) is 56.9 Å². The van der Waals surface area contributed by atoms with Crippen molar-refractivity contribution in [3.8, 4) is 0 Å². The van der Waals surface area contributed by atoms with Crippen molar-refractivity contribution in [2.75, 3.05) is 44.9 Å². The Balaban J connectivity index is 1.81. The minimum Gasteiger partial charge on any atom is -0.469 e. The summed E-state index contributed by atoms with van der Waals surface area (Å²) < 4.78 is 48.8. The smallest absolute Gasteiger partial charge is 0.416 e. The lowest BCUT2D eigenvalue weighted by Crippen LogP contribution is -2.49. The predicted octanol–water partition coefficient (Wildman–Crippen LogP) is 3.64. The highest BCUT2D eigenvalue weighted by Gasteiger charge is 2.31. The first-order valence-corrected chi connectivity index (χ1v) is 9.56. The minimum absolute atomic E-state index is 0.173. The third-order valence-electron chi connectivity index (χ3n) is 5.04. The SMILES string of the molecule is COC(=O)C1C=CC(CN(C(=O)N2CCOCC2)c2ccc(C(F)(F)F)cc2)=CC1. The molecule has 1 aromatic rings. The van der Waals surface area contributed by atoms with E-state index >= 15 is 0 Å². The Morgan fingerprint density at radius 2 is 1.87 bits per heavy atom. The van der Waals surface area contributed by atoms with Gasteiger partial charge in [-0.05, 0) is 36.3 Å². The van der Waals surface area contributed by atoms with Crippen molar-refractivity contribution in [3.05, 3.63) is 53.6 Å². The Morgan fingerprint density at radius 3 is 2.40 bits per heavy atom. The number of allylic oxidation sites excluding steroid dienone is 1. The molecule has 2 aliphatic rings. The molecule has 30 heavy (non-hydrogen) atoms. The van der Waals surface area contributed by atoms with Gasteiger partial charge in [-0.25, -0.2) is 4.79 Å². The van der Waals surface area contributed by atoms with Crippen molar-refractivity contribution in [1.29, 1.82) is 0 Å². The molecule has 0 spiro atoms. The van der Waals surface area contributed by atoms with Gasteiger partial charge < -0.3 is 14.4 Å². The molecular weight excluding hydrogens is 401 g/mol. The fourth-order valence-corrected chi connectivity index (χ4v) is 3.32. The topological polar surface area (TPSA) is 59.1 Å². The number of amides is 2. The van der Waals surface area contributed by atoms with Crippen LogP contribution in [0.3, 0.4) is 0 Å². The highest BCUT2D eigenvalue weighted by atomic mass is 19.4. The van der Waals surface area contributed by atoms with Gasteiger partial charge in [-0.3, -0.25) is 9.69 Å². The van der Waals surface area contributed by atoms with Gasteiger partial charge in [-0.15, -0.1) is 0 Å². The molecule has 1 heterocycles. The molecule has 1 aliphatic heterocycles. The fourth-order valence-electron chi connectivity index (χ4n) is 3.32. The largest absolute Gasteiger partial charge is 0.469 e. The van der Waals surface area contributed by atoms with Gasteiger partial charge in [0, 0.05) is 18.8 Å². The number of carbonyl (C=O) groups is 2. The molecule has 0 bridgehead atoms. The van der Waals surface area contributed by atoms with E-state index in [4.69, 9.17) is 9.47 Å². The molecule has 1 unspecified atom stereocenters. The number of nitrogens with zero attached hydrogens (tertiary/aromatic N) is 2. The number of urea groups is 1. The van der Waals surface area contributed by atoms with Crippen LogP contribution in [0.4, 0.5) is 23.7 Å². The van der Waals surface area contributed by atoms with E-state index in [0.717, 1.165) is 17.7 Å². The molecule has 0 radical (unpaired) electrons. The Kier molecular flexibility index (Phi) is 6.81. The van der Waals surface area contributed by atoms with Gasteiger partial charge in [0.15, 0.2) is 0 Å². The predicted molar refractivity (Wildman–Crippen MR) is 104 cm³/mol. The Labute approximate surface area is 172 Å². The number of carbonyl (C=O) groups excluding carboxylic acids is 2. The number of hydrogen-bond acceptors (Lipinski definition) is 4. The summed E-state index contributed by atoms with van der Waals surface area (Å²) in [5.41, 5.74) is 0.378. The first-order chi connectivity index (χ1) is 14.3. The van der Waals surface area contributed by atoms with E-state index < -0.39 is 11.7 Å². The van der Waals surface area contributed by atoms with Gasteiger partial charge in [0.1, 0.15) is 0 Å². The lowest BCUT2D eigenvalue weighted by atomic mass is 9.96. The van der Waals surface area contributed by atoms with E-state index in [9.17, 15) is 22.8 Å². The zero-order chi connectivity index (χ0) is 21.7. The molecule has 0 N–H and O–H groups in total. The number of hydrogen-bond donors (Lipinski definition) is 0. The standard InChI is InChI=1S/C21H23F3N2O4/c1-29-19(27)16-4-2-15(3-5-16)14-26(20(28)25-10-12-30-13-11-25)18-8-6-17(7-9-18)21(22,23)24/h2-4,6-9,16H,5,10-14H2,1H3. The summed E-state index contributed by atoms with van der Waals surface area (Å²) in [7, 11) is 1.32. The number of methoxy groups -OCH3 is 1. The van der Waals surface area contributed by atoms with Gasteiger partial charge in [-0.1, -0.05) is 18.2 Å². The van der Waals surface area contributed by atoms with Gasteiger partial charge in [0.2, 0.25) is 0 Å². The number of alkyl halides is 3. The summed E-state index contributed by atoms with van der Waals surface area (Å²) in [4.78, 5) is 27.9. The molecular formula is C21H23F3N2O4. The first kappa shape index (κ1) is 21.9. The zero-order valence-corrected chi connectivity index (χ0v) is 16.5. The second kappa shape index (κ2) is 9.34. The minimum atomic E-state index is -4.45. The number of morpholine rings is 1. The van der Waals surface area contributed by atoms with Crippen LogP contribution in [0.5, 0.6) is 0 Å². The summed E-state index contributed by atoms with van der Waals surface area (Å²) in [6, 6.07) is 4.22. The summed E-state index contributed by atoms with van der Waals surface area (Å²) in [6.45, 7) is 1.82. The van der Waals surface area contributed by atoms with Gasteiger partial charge in [0.25, 0.3) is 0 Å². The van der Waals surface area contributed by atoms with Crippen molar-refractivity contribution < 1.29 is 32.2 Å². The highest BCUT2D eigenvalue weighted by Crippen LogP contribution is 2.31. The molecule has 6 nitrogen and oxygen atoms in total. The van der Waals surface area contributed by atoms with Gasteiger partial charge in [0.05, 0.1) is 38.3 Å². The van der Waals surface area contributed by atoms with Crippen molar-refractivity contribution in [3.63, 3.8) is 0 Å². The summed E-state index contributed by atoms with van der Waals surface area (Å²) in [5.74, 6) is -0.723. The normalized spacial score (nSPS) is 19.3. The highest BCUT2D eigenvalue weighted by molar-refractivity contribution is 5.92. The van der Waals surface area contributed by atoms with E-state index in [2.05, 4.69) is 0 Å². The van der Waals surface area contributed by atoms with Crippen molar-refractivity contribution in [2.24, 2.45) is 5.92 Å². The Morgan fingerprint density at radius 1 is 1.20 bits per heavy atom. The van der Waals surface area contributed by atoms with E-state index in [0.29, 0.717) is 38.4 Å². The van der Waals surface area contributed by atoms with Crippen LogP contribution in [-0.2, 0) is 20.4 Å². The average molecular weight is 424 g/mol. The third kappa shape index (κ3) is 5.21. The molecule has 162 valence electrons. The number of ether oxygens (including phenoxy) is 2. The van der Waals surface area contributed by atoms with Crippen LogP contribution >= 0.6 is 0 Å². The lowest BCUT2D eigenvalue weighted by Gasteiger charge is -2.33. The van der Waals surface area contributed by atoms with E-state index in [1.807, 2.05) is 6.08 Å². The summed E-state index contributed by atoms with van der Waals surface area (Å²) in [5, 5.41) is 0. The van der Waals surface area contributed by atoms with Crippen molar-refractivity contribution in [1.82, 2.24) is 4.90 Å². The quantitative estimate of drug-likeness (QED) is 0.693. The van der Waals surface area contributed by atoms with E-state index in [1.54, 1.807) is 17.1 Å². The fraction of sp³-hybridized carbons (Fsp3) is 0.429. The van der Waals surface area contributed by atoms with Crippen LogP contribution in [0.25, 0.3) is 0 Å². The Bertz CT molecular complexity index is 828. The number of benzene rings is 1. The first-order valence-electron chi connectivity index (χ1n) is 9.56.